The highest BCUT2D eigenvalue weighted by atomic mass is 35.5. The molecule has 3 rings (SSSR count). The molecule has 7 heteroatoms. The molecule has 0 N–H and O–H groups in total. The Morgan fingerprint density at radius 3 is 2.00 bits per heavy atom. The van der Waals surface area contributed by atoms with Crippen LogP contribution < -0.4 is 9.47 Å². The number of rotatable bonds is 6. The molecule has 0 bridgehead atoms. The lowest BCUT2D eigenvalue weighted by atomic mass is 10.1. The van der Waals surface area contributed by atoms with Gasteiger partial charge in [-0.25, -0.2) is 0 Å². The Morgan fingerprint density at radius 2 is 1.42 bits per heavy atom. The molecule has 124 valence electrons. The van der Waals surface area contributed by atoms with E-state index < -0.39 is 0 Å². The van der Waals surface area contributed by atoms with Crippen LogP contribution in [0.2, 0.25) is 0 Å². The van der Waals surface area contributed by atoms with Gasteiger partial charge in [0, 0.05) is 0 Å². The van der Waals surface area contributed by atoms with Crippen molar-refractivity contribution in [2.45, 2.75) is 6.54 Å². The zero-order valence-corrected chi connectivity index (χ0v) is 14.0. The molecule has 0 atom stereocenters. The first-order valence-electron chi connectivity index (χ1n) is 7.11. The van der Waals surface area contributed by atoms with Crippen LogP contribution >= 0.6 is 23.2 Å². The van der Waals surface area contributed by atoms with Gasteiger partial charge in [0.1, 0.15) is 0 Å². The van der Waals surface area contributed by atoms with E-state index in [1.54, 1.807) is 42.5 Å². The Bertz CT molecular complexity index is 759. The van der Waals surface area contributed by atoms with Gasteiger partial charge >= 0.3 is 0 Å². The molecule has 1 aliphatic heterocycles. The Kier molecular flexibility index (Phi) is 4.92. The highest BCUT2D eigenvalue weighted by Crippen LogP contribution is 2.31. The Morgan fingerprint density at radius 1 is 0.833 bits per heavy atom. The quantitative estimate of drug-likeness (QED) is 0.579. The smallest absolute Gasteiger partial charge is 0.261 e. The predicted molar refractivity (Wildman–Crippen MR) is 89.8 cm³/mol. The minimum absolute atomic E-state index is 0.0314. The van der Waals surface area contributed by atoms with E-state index in [-0.39, 0.29) is 30.5 Å². The van der Waals surface area contributed by atoms with E-state index in [1.165, 1.54) is 4.90 Å². The number of carbonyl (C=O) groups is 2. The summed E-state index contributed by atoms with van der Waals surface area (Å²) in [5.74, 6) is 0.226. The summed E-state index contributed by atoms with van der Waals surface area (Å²) in [4.78, 5) is 26.0. The van der Waals surface area contributed by atoms with Gasteiger partial charge in [0.2, 0.25) is 0 Å². The normalized spacial score (nSPS) is 13.2. The second kappa shape index (κ2) is 7.11. The molecule has 2 aromatic rings. The number of nitrogens with zero attached hydrogens (tertiary/aromatic N) is 1. The van der Waals surface area contributed by atoms with Gasteiger partial charge in [0.25, 0.3) is 11.8 Å². The lowest BCUT2D eigenvalue weighted by molar-refractivity contribution is 0.0642. The molecule has 2 amide bonds. The zero-order chi connectivity index (χ0) is 17.1. The number of hydrogen-bond donors (Lipinski definition) is 0. The maximum atomic E-state index is 12.4. The Balaban J connectivity index is 1.85. The third-order valence-electron chi connectivity index (χ3n) is 3.65. The van der Waals surface area contributed by atoms with E-state index in [0.29, 0.717) is 28.2 Å². The summed E-state index contributed by atoms with van der Waals surface area (Å²) in [5, 5.41) is 0. The number of ether oxygens (including phenoxy) is 2. The van der Waals surface area contributed by atoms with Crippen molar-refractivity contribution in [3.63, 3.8) is 0 Å². The van der Waals surface area contributed by atoms with Crippen molar-refractivity contribution in [2.24, 2.45) is 0 Å². The molecule has 1 aliphatic rings. The molecule has 0 spiro atoms. The van der Waals surface area contributed by atoms with E-state index in [9.17, 15) is 9.59 Å². The first kappa shape index (κ1) is 16.6. The van der Waals surface area contributed by atoms with Crippen molar-refractivity contribution in [1.82, 2.24) is 4.90 Å². The van der Waals surface area contributed by atoms with Crippen LogP contribution in [0.3, 0.4) is 0 Å². The summed E-state index contributed by atoms with van der Waals surface area (Å²) >= 11 is 11.2. The first-order chi connectivity index (χ1) is 11.7. The maximum Gasteiger partial charge on any atom is 0.261 e. The van der Waals surface area contributed by atoms with E-state index >= 15 is 0 Å². The van der Waals surface area contributed by atoms with Gasteiger partial charge in [0.15, 0.2) is 23.6 Å². The van der Waals surface area contributed by atoms with Crippen LogP contribution in [0.4, 0.5) is 0 Å². The summed E-state index contributed by atoms with van der Waals surface area (Å²) in [6.07, 6.45) is 0. The monoisotopic (exact) mass is 365 g/mol. The fraction of sp³-hybridized carbons (Fsp3) is 0.176. The molecule has 0 saturated carbocycles. The van der Waals surface area contributed by atoms with Gasteiger partial charge in [-0.1, -0.05) is 41.4 Å². The van der Waals surface area contributed by atoms with E-state index in [1.807, 2.05) is 0 Å². The Hall–Kier alpha value is -2.24. The minimum atomic E-state index is -0.309. The van der Waals surface area contributed by atoms with Crippen molar-refractivity contribution < 1.29 is 19.1 Å². The molecule has 0 fully saturated rings. The SMILES string of the molecule is O=C1c2ccccc2C(=O)N1Cc1ccc(OCCl)c(OCCl)c1. The van der Waals surface area contributed by atoms with Crippen LogP contribution in [0.5, 0.6) is 11.5 Å². The molecule has 0 saturated heterocycles. The summed E-state index contributed by atoms with van der Waals surface area (Å²) in [5.41, 5.74) is 1.55. The van der Waals surface area contributed by atoms with Crippen LogP contribution in [0.1, 0.15) is 26.3 Å². The topological polar surface area (TPSA) is 55.8 Å². The molecule has 0 aromatic heterocycles. The van der Waals surface area contributed by atoms with Crippen molar-refractivity contribution >= 4 is 35.0 Å². The highest BCUT2D eigenvalue weighted by Gasteiger charge is 2.35. The lowest BCUT2D eigenvalue weighted by Crippen LogP contribution is -2.29. The highest BCUT2D eigenvalue weighted by molar-refractivity contribution is 6.21. The minimum Gasteiger partial charge on any atom is -0.474 e. The summed E-state index contributed by atoms with van der Waals surface area (Å²) in [6, 6.07) is 11.8. The molecular formula is C17H13Cl2NO4. The molecule has 5 nitrogen and oxygen atoms in total. The number of benzene rings is 2. The fourth-order valence-electron chi connectivity index (χ4n) is 2.57. The average Bonchev–Trinajstić information content (AvgIpc) is 2.83. The van der Waals surface area contributed by atoms with E-state index in [2.05, 4.69) is 0 Å². The fourth-order valence-corrected chi connectivity index (χ4v) is 2.80. The van der Waals surface area contributed by atoms with Crippen molar-refractivity contribution in [2.75, 3.05) is 12.1 Å². The van der Waals surface area contributed by atoms with Gasteiger partial charge in [-0.05, 0) is 29.8 Å². The van der Waals surface area contributed by atoms with Crippen LogP contribution in [0, 0.1) is 0 Å². The number of carbonyl (C=O) groups excluding carboxylic acids is 2. The summed E-state index contributed by atoms with van der Waals surface area (Å²) in [6.45, 7) is 0.131. The predicted octanol–water partition coefficient (Wildman–Crippen LogP) is 3.63. The first-order valence-corrected chi connectivity index (χ1v) is 8.18. The zero-order valence-electron chi connectivity index (χ0n) is 12.5. The van der Waals surface area contributed by atoms with Crippen LogP contribution in [0.25, 0.3) is 0 Å². The number of amides is 2. The summed E-state index contributed by atoms with van der Waals surface area (Å²) in [7, 11) is 0. The second-order valence-electron chi connectivity index (χ2n) is 5.03. The summed E-state index contributed by atoms with van der Waals surface area (Å²) < 4.78 is 10.5. The van der Waals surface area contributed by atoms with Crippen LogP contribution in [-0.2, 0) is 6.54 Å². The standard InChI is InChI=1S/C17H13Cl2NO4/c18-9-23-14-6-5-11(7-15(14)24-10-19)8-20-16(21)12-3-1-2-4-13(12)17(20)22/h1-7H,8-10H2. The molecule has 0 radical (unpaired) electrons. The average molecular weight is 366 g/mol. The Labute approximate surface area is 148 Å². The van der Waals surface area contributed by atoms with Crippen LogP contribution in [-0.4, -0.2) is 28.8 Å². The number of fused-ring (bicyclic) bond motifs is 1. The van der Waals surface area contributed by atoms with Crippen molar-refractivity contribution in [1.29, 1.82) is 0 Å². The molecule has 0 aliphatic carbocycles. The van der Waals surface area contributed by atoms with Crippen LogP contribution in [0.15, 0.2) is 42.5 Å². The largest absolute Gasteiger partial charge is 0.474 e. The number of halogens is 2. The van der Waals surface area contributed by atoms with Gasteiger partial charge in [-0.3, -0.25) is 14.5 Å². The van der Waals surface area contributed by atoms with Gasteiger partial charge < -0.3 is 9.47 Å². The lowest BCUT2D eigenvalue weighted by Gasteiger charge is -2.16. The third-order valence-corrected chi connectivity index (χ3v) is 3.87. The number of imide groups is 1. The van der Waals surface area contributed by atoms with Crippen molar-refractivity contribution in [3.05, 3.63) is 59.2 Å². The number of hydrogen-bond acceptors (Lipinski definition) is 4. The van der Waals surface area contributed by atoms with E-state index in [4.69, 9.17) is 32.7 Å². The van der Waals surface area contributed by atoms with Gasteiger partial charge in [0.05, 0.1) is 17.7 Å². The van der Waals surface area contributed by atoms with E-state index in [0.717, 1.165) is 0 Å². The molecule has 24 heavy (non-hydrogen) atoms. The molecule has 0 unspecified atom stereocenters. The molecule has 1 heterocycles. The second-order valence-corrected chi connectivity index (χ2v) is 5.47. The van der Waals surface area contributed by atoms with Gasteiger partial charge in [-0.15, -0.1) is 0 Å². The maximum absolute atomic E-state index is 12.4. The molecular weight excluding hydrogens is 353 g/mol. The van der Waals surface area contributed by atoms with Gasteiger partial charge in [-0.2, -0.15) is 0 Å². The van der Waals surface area contributed by atoms with Crippen molar-refractivity contribution in [3.8, 4) is 11.5 Å². The molecule has 2 aromatic carbocycles. The third kappa shape index (κ3) is 3.05. The number of alkyl halides is 2.